The minimum absolute atomic E-state index is 0.116. The lowest BCUT2D eigenvalue weighted by molar-refractivity contribution is -0.133. The summed E-state index contributed by atoms with van der Waals surface area (Å²) in [7, 11) is -3.48. The molecule has 1 aliphatic rings. The minimum Gasteiger partial charge on any atom is -0.340 e. The fourth-order valence-electron chi connectivity index (χ4n) is 3.07. The van der Waals surface area contributed by atoms with Crippen LogP contribution in [0.1, 0.15) is 39.7 Å². The van der Waals surface area contributed by atoms with Gasteiger partial charge in [-0.25, -0.2) is 8.42 Å². The van der Waals surface area contributed by atoms with Crippen LogP contribution < -0.4 is 0 Å². The monoisotopic (exact) mass is 366 g/mol. The Labute approximate surface area is 152 Å². The maximum Gasteiger partial charge on any atom is 0.243 e. The standard InChI is InChI=1S/C19H30N2O3S/c1-15(2)13-17-5-7-18(8-6-17)25(23,24)21-11-9-20(10-12-21)19(22)14-16(3)4/h5-8,15-16H,9-14H2,1-4H3. The zero-order valence-electron chi connectivity index (χ0n) is 15.7. The average molecular weight is 367 g/mol. The summed E-state index contributed by atoms with van der Waals surface area (Å²) < 4.78 is 27.1. The fraction of sp³-hybridized carbons (Fsp3) is 0.632. The third kappa shape index (κ3) is 5.28. The number of hydrogen-bond donors (Lipinski definition) is 0. The second-order valence-corrected chi connectivity index (χ2v) is 9.56. The van der Waals surface area contributed by atoms with Crippen LogP contribution in [0.25, 0.3) is 0 Å². The van der Waals surface area contributed by atoms with Gasteiger partial charge in [-0.05, 0) is 36.0 Å². The first kappa shape index (κ1) is 19.9. The van der Waals surface area contributed by atoms with Gasteiger partial charge in [-0.15, -0.1) is 0 Å². The summed E-state index contributed by atoms with van der Waals surface area (Å²) in [5.41, 5.74) is 1.15. The van der Waals surface area contributed by atoms with Crippen LogP contribution in [0.4, 0.5) is 0 Å². The summed E-state index contributed by atoms with van der Waals surface area (Å²) in [5.74, 6) is 0.975. The molecule has 0 aliphatic carbocycles. The molecule has 2 rings (SSSR count). The molecule has 1 aromatic carbocycles. The van der Waals surface area contributed by atoms with Crippen molar-refractivity contribution in [3.05, 3.63) is 29.8 Å². The molecule has 0 radical (unpaired) electrons. The van der Waals surface area contributed by atoms with Gasteiger partial charge in [0.2, 0.25) is 15.9 Å². The van der Waals surface area contributed by atoms with Gasteiger partial charge < -0.3 is 4.90 Å². The normalized spacial score (nSPS) is 16.6. The van der Waals surface area contributed by atoms with Gasteiger partial charge in [-0.1, -0.05) is 39.8 Å². The highest BCUT2D eigenvalue weighted by atomic mass is 32.2. The van der Waals surface area contributed by atoms with E-state index in [4.69, 9.17) is 0 Å². The predicted molar refractivity (Wildman–Crippen MR) is 99.8 cm³/mol. The second kappa shape index (κ2) is 8.32. The number of rotatable bonds is 6. The molecular weight excluding hydrogens is 336 g/mol. The van der Waals surface area contributed by atoms with Crippen LogP contribution in [-0.4, -0.2) is 49.7 Å². The van der Waals surface area contributed by atoms with Gasteiger partial charge in [0.25, 0.3) is 0 Å². The highest BCUT2D eigenvalue weighted by Gasteiger charge is 2.30. The van der Waals surface area contributed by atoms with Gasteiger partial charge in [-0.2, -0.15) is 4.31 Å². The second-order valence-electron chi connectivity index (χ2n) is 7.62. The number of carbonyl (C=O) groups is 1. The van der Waals surface area contributed by atoms with E-state index in [1.807, 2.05) is 26.0 Å². The van der Waals surface area contributed by atoms with E-state index in [1.165, 1.54) is 4.31 Å². The lowest BCUT2D eigenvalue weighted by Gasteiger charge is -2.34. The number of amides is 1. The molecule has 0 atom stereocenters. The quantitative estimate of drug-likeness (QED) is 0.778. The van der Waals surface area contributed by atoms with Gasteiger partial charge in [0.1, 0.15) is 0 Å². The SMILES string of the molecule is CC(C)CC(=O)N1CCN(S(=O)(=O)c2ccc(CC(C)C)cc2)CC1. The fourth-order valence-corrected chi connectivity index (χ4v) is 4.50. The Morgan fingerprint density at radius 1 is 0.960 bits per heavy atom. The van der Waals surface area contributed by atoms with Crippen molar-refractivity contribution < 1.29 is 13.2 Å². The van der Waals surface area contributed by atoms with Crippen LogP contribution >= 0.6 is 0 Å². The number of sulfonamides is 1. The van der Waals surface area contributed by atoms with Crippen molar-refractivity contribution in [1.82, 2.24) is 9.21 Å². The van der Waals surface area contributed by atoms with E-state index in [9.17, 15) is 13.2 Å². The van der Waals surface area contributed by atoms with E-state index in [-0.39, 0.29) is 5.91 Å². The van der Waals surface area contributed by atoms with E-state index in [0.29, 0.717) is 49.3 Å². The summed E-state index contributed by atoms with van der Waals surface area (Å²) in [6.45, 7) is 9.98. The highest BCUT2D eigenvalue weighted by Crippen LogP contribution is 2.20. The summed E-state index contributed by atoms with van der Waals surface area (Å²) in [6, 6.07) is 7.19. The van der Waals surface area contributed by atoms with Gasteiger partial charge in [0.05, 0.1) is 4.90 Å². The number of carbonyl (C=O) groups excluding carboxylic acids is 1. The molecule has 0 saturated carbocycles. The Morgan fingerprint density at radius 3 is 2.00 bits per heavy atom. The molecule has 140 valence electrons. The zero-order chi connectivity index (χ0) is 18.6. The number of piperazine rings is 1. The summed E-state index contributed by atoms with van der Waals surface area (Å²) in [4.78, 5) is 14.2. The van der Waals surface area contributed by atoms with Crippen LogP contribution in [0.3, 0.4) is 0 Å². The molecule has 1 aliphatic heterocycles. The first-order chi connectivity index (χ1) is 11.7. The van der Waals surface area contributed by atoms with E-state index in [2.05, 4.69) is 13.8 Å². The molecule has 0 bridgehead atoms. The molecule has 1 fully saturated rings. The minimum atomic E-state index is -3.48. The van der Waals surface area contributed by atoms with Crippen molar-refractivity contribution in [2.45, 2.75) is 45.4 Å². The van der Waals surface area contributed by atoms with Gasteiger partial charge in [0.15, 0.2) is 0 Å². The van der Waals surface area contributed by atoms with Crippen molar-refractivity contribution in [3.63, 3.8) is 0 Å². The first-order valence-corrected chi connectivity index (χ1v) is 10.5. The van der Waals surface area contributed by atoms with E-state index < -0.39 is 10.0 Å². The molecule has 6 heteroatoms. The zero-order valence-corrected chi connectivity index (χ0v) is 16.6. The Balaban J connectivity index is 2.00. The molecule has 0 aromatic heterocycles. The number of nitrogens with zero attached hydrogens (tertiary/aromatic N) is 2. The molecule has 0 spiro atoms. The first-order valence-electron chi connectivity index (χ1n) is 9.07. The van der Waals surface area contributed by atoms with Crippen LogP contribution in [0.5, 0.6) is 0 Å². The number of hydrogen-bond acceptors (Lipinski definition) is 3. The van der Waals surface area contributed by atoms with Crippen molar-refractivity contribution in [2.75, 3.05) is 26.2 Å². The smallest absolute Gasteiger partial charge is 0.243 e. The van der Waals surface area contributed by atoms with Crippen molar-refractivity contribution in [2.24, 2.45) is 11.8 Å². The molecule has 1 aromatic rings. The molecule has 1 heterocycles. The van der Waals surface area contributed by atoms with Crippen LogP contribution in [0.2, 0.25) is 0 Å². The van der Waals surface area contributed by atoms with Gasteiger partial charge in [0, 0.05) is 32.6 Å². The topological polar surface area (TPSA) is 57.7 Å². The molecule has 0 unspecified atom stereocenters. The Kier molecular flexibility index (Phi) is 6.63. The third-order valence-corrected chi connectivity index (χ3v) is 6.29. The maximum atomic E-state index is 12.8. The number of benzene rings is 1. The summed E-state index contributed by atoms with van der Waals surface area (Å²) in [5, 5.41) is 0. The molecule has 5 nitrogen and oxygen atoms in total. The van der Waals surface area contributed by atoms with Crippen LogP contribution in [-0.2, 0) is 21.2 Å². The average Bonchev–Trinajstić information content (AvgIpc) is 2.54. The van der Waals surface area contributed by atoms with E-state index in [0.717, 1.165) is 12.0 Å². The maximum absolute atomic E-state index is 12.8. The highest BCUT2D eigenvalue weighted by molar-refractivity contribution is 7.89. The lowest BCUT2D eigenvalue weighted by Crippen LogP contribution is -2.50. The Hall–Kier alpha value is -1.40. The van der Waals surface area contributed by atoms with Crippen molar-refractivity contribution >= 4 is 15.9 Å². The summed E-state index contributed by atoms with van der Waals surface area (Å²) >= 11 is 0. The van der Waals surface area contributed by atoms with E-state index >= 15 is 0 Å². The largest absolute Gasteiger partial charge is 0.340 e. The van der Waals surface area contributed by atoms with Crippen molar-refractivity contribution in [1.29, 1.82) is 0 Å². The predicted octanol–water partition coefficient (Wildman–Crippen LogP) is 2.76. The molecule has 25 heavy (non-hydrogen) atoms. The molecule has 1 saturated heterocycles. The Bertz CT molecular complexity index is 673. The molecular formula is C19H30N2O3S. The molecule has 1 amide bonds. The van der Waals surface area contributed by atoms with Gasteiger partial charge in [-0.3, -0.25) is 4.79 Å². The summed E-state index contributed by atoms with van der Waals surface area (Å²) in [6.07, 6.45) is 1.46. The Morgan fingerprint density at radius 2 is 1.52 bits per heavy atom. The third-order valence-electron chi connectivity index (χ3n) is 4.38. The molecule has 0 N–H and O–H groups in total. The van der Waals surface area contributed by atoms with E-state index in [1.54, 1.807) is 17.0 Å². The van der Waals surface area contributed by atoms with Gasteiger partial charge >= 0.3 is 0 Å². The lowest BCUT2D eigenvalue weighted by atomic mass is 10.0. The van der Waals surface area contributed by atoms with Crippen molar-refractivity contribution in [3.8, 4) is 0 Å². The van der Waals surface area contributed by atoms with Crippen LogP contribution in [0, 0.1) is 11.8 Å². The van der Waals surface area contributed by atoms with Crippen LogP contribution in [0.15, 0.2) is 29.2 Å².